The zero-order chi connectivity index (χ0) is 15.6. The third-order valence-electron chi connectivity index (χ3n) is 3.61. The average Bonchev–Trinajstić information content (AvgIpc) is 2.37. The Hall–Kier alpha value is -0.650. The van der Waals surface area contributed by atoms with Crippen molar-refractivity contribution in [3.05, 3.63) is 0 Å². The number of carbonyl (C=O) groups is 1. The molecule has 0 aromatic heterocycles. The number of rotatable bonds is 12. The maximum Gasteiger partial charge on any atom is 0.237 e. The van der Waals surface area contributed by atoms with E-state index in [0.29, 0.717) is 0 Å². The van der Waals surface area contributed by atoms with Crippen molar-refractivity contribution in [3.63, 3.8) is 0 Å². The van der Waals surface area contributed by atoms with Gasteiger partial charge in [-0.05, 0) is 53.1 Å². The predicted molar refractivity (Wildman–Crippen MR) is 83.7 cm³/mol. The van der Waals surface area contributed by atoms with E-state index >= 15 is 0 Å². The van der Waals surface area contributed by atoms with E-state index < -0.39 is 5.54 Å². The molecule has 1 atom stereocenters. The number of hydrogen-bond donors (Lipinski definition) is 2. The normalized spacial score (nSPS) is 14.8. The van der Waals surface area contributed by atoms with Crippen LogP contribution in [0.25, 0.3) is 0 Å². The third kappa shape index (κ3) is 7.82. The summed E-state index contributed by atoms with van der Waals surface area (Å²) in [6, 6.07) is 0.251. The summed E-state index contributed by atoms with van der Waals surface area (Å²) in [5.41, 5.74) is 4.93. The van der Waals surface area contributed by atoms with Crippen molar-refractivity contribution in [3.8, 4) is 0 Å². The van der Waals surface area contributed by atoms with Crippen molar-refractivity contribution in [2.24, 2.45) is 5.73 Å². The summed E-state index contributed by atoms with van der Waals surface area (Å²) >= 11 is 0. The van der Waals surface area contributed by atoms with Gasteiger partial charge < -0.3 is 20.7 Å². The standard InChI is InChI=1S/C15H33N3O2/c1-6-18(11-12-20-5)10-8-7-9-15(4,14(16)19)17-13(2)3/h13,17H,6-12H2,1-5H3,(H2,16,19). The highest BCUT2D eigenvalue weighted by Gasteiger charge is 2.30. The Balaban J connectivity index is 4.08. The molecule has 1 amide bonds. The van der Waals surface area contributed by atoms with Crippen LogP contribution >= 0.6 is 0 Å². The van der Waals surface area contributed by atoms with E-state index in [1.54, 1.807) is 7.11 Å². The molecule has 20 heavy (non-hydrogen) atoms. The molecule has 0 bridgehead atoms. The molecule has 0 aliphatic heterocycles. The lowest BCUT2D eigenvalue weighted by Crippen LogP contribution is -2.55. The summed E-state index contributed by atoms with van der Waals surface area (Å²) in [6.45, 7) is 11.9. The second-order valence-corrected chi connectivity index (χ2v) is 5.88. The Morgan fingerprint density at radius 1 is 1.35 bits per heavy atom. The molecule has 120 valence electrons. The SMILES string of the molecule is CCN(CCCCC(C)(NC(C)C)C(N)=O)CCOC. The molecule has 0 heterocycles. The highest BCUT2D eigenvalue weighted by molar-refractivity contribution is 5.84. The molecule has 0 spiro atoms. The highest BCUT2D eigenvalue weighted by Crippen LogP contribution is 2.15. The van der Waals surface area contributed by atoms with Gasteiger partial charge in [-0.15, -0.1) is 0 Å². The first-order valence-electron chi connectivity index (χ1n) is 7.64. The zero-order valence-electron chi connectivity index (χ0n) is 13.9. The van der Waals surface area contributed by atoms with E-state index in [0.717, 1.165) is 45.5 Å². The highest BCUT2D eigenvalue weighted by atomic mass is 16.5. The fraction of sp³-hybridized carbons (Fsp3) is 0.933. The third-order valence-corrected chi connectivity index (χ3v) is 3.61. The fourth-order valence-corrected chi connectivity index (χ4v) is 2.37. The molecule has 5 heteroatoms. The van der Waals surface area contributed by atoms with Gasteiger partial charge in [-0.3, -0.25) is 4.79 Å². The van der Waals surface area contributed by atoms with Crippen molar-refractivity contribution in [2.45, 2.75) is 58.5 Å². The van der Waals surface area contributed by atoms with Crippen LogP contribution in [0.1, 0.15) is 47.0 Å². The molecule has 0 aliphatic rings. The van der Waals surface area contributed by atoms with Gasteiger partial charge >= 0.3 is 0 Å². The number of carbonyl (C=O) groups excluding carboxylic acids is 1. The first-order chi connectivity index (χ1) is 9.35. The molecule has 0 radical (unpaired) electrons. The number of primary amides is 1. The smallest absolute Gasteiger partial charge is 0.237 e. The molecule has 0 aromatic carbocycles. The van der Waals surface area contributed by atoms with E-state index in [2.05, 4.69) is 17.1 Å². The molecule has 0 aliphatic carbocycles. The zero-order valence-corrected chi connectivity index (χ0v) is 13.9. The number of likely N-dealkylation sites (N-methyl/N-ethyl adjacent to an activating group) is 1. The monoisotopic (exact) mass is 287 g/mol. The summed E-state index contributed by atoms with van der Waals surface area (Å²) in [7, 11) is 1.73. The van der Waals surface area contributed by atoms with Crippen LogP contribution in [-0.4, -0.2) is 55.7 Å². The van der Waals surface area contributed by atoms with E-state index in [-0.39, 0.29) is 11.9 Å². The van der Waals surface area contributed by atoms with E-state index in [1.165, 1.54) is 0 Å². The lowest BCUT2D eigenvalue weighted by Gasteiger charge is -2.30. The van der Waals surface area contributed by atoms with E-state index in [4.69, 9.17) is 10.5 Å². The average molecular weight is 287 g/mol. The van der Waals surface area contributed by atoms with Crippen LogP contribution < -0.4 is 11.1 Å². The fourth-order valence-electron chi connectivity index (χ4n) is 2.37. The number of unbranched alkanes of at least 4 members (excludes halogenated alkanes) is 1. The quantitative estimate of drug-likeness (QED) is 0.532. The number of hydrogen-bond acceptors (Lipinski definition) is 4. The Kier molecular flexibility index (Phi) is 9.80. The van der Waals surface area contributed by atoms with Gasteiger partial charge in [0.25, 0.3) is 0 Å². The first-order valence-corrected chi connectivity index (χ1v) is 7.64. The summed E-state index contributed by atoms with van der Waals surface area (Å²) in [5, 5.41) is 3.28. The van der Waals surface area contributed by atoms with Crippen molar-refractivity contribution in [1.82, 2.24) is 10.2 Å². The van der Waals surface area contributed by atoms with Crippen molar-refractivity contribution in [2.75, 3.05) is 33.4 Å². The number of nitrogens with zero attached hydrogens (tertiary/aromatic N) is 1. The van der Waals surface area contributed by atoms with Gasteiger partial charge in [0.1, 0.15) is 0 Å². The van der Waals surface area contributed by atoms with Gasteiger partial charge in [0.05, 0.1) is 12.1 Å². The molecule has 0 saturated carbocycles. The number of nitrogens with two attached hydrogens (primary N) is 1. The molecular weight excluding hydrogens is 254 g/mol. The second kappa shape index (κ2) is 10.1. The lowest BCUT2D eigenvalue weighted by molar-refractivity contribution is -0.124. The Morgan fingerprint density at radius 3 is 2.45 bits per heavy atom. The van der Waals surface area contributed by atoms with Gasteiger partial charge in [0.2, 0.25) is 5.91 Å². The summed E-state index contributed by atoms with van der Waals surface area (Å²) in [6.07, 6.45) is 2.84. The van der Waals surface area contributed by atoms with Crippen LogP contribution in [0, 0.1) is 0 Å². The molecular formula is C15H33N3O2. The molecule has 1 unspecified atom stereocenters. The first kappa shape index (κ1) is 19.4. The minimum atomic E-state index is -0.599. The van der Waals surface area contributed by atoms with Crippen LogP contribution in [-0.2, 0) is 9.53 Å². The van der Waals surface area contributed by atoms with Crippen LogP contribution in [0.4, 0.5) is 0 Å². The van der Waals surface area contributed by atoms with Crippen LogP contribution in [0.3, 0.4) is 0 Å². The predicted octanol–water partition coefficient (Wildman–Crippen LogP) is 1.37. The number of ether oxygens (including phenoxy) is 1. The minimum absolute atomic E-state index is 0.251. The molecule has 0 aromatic rings. The molecule has 3 N–H and O–H groups in total. The number of amides is 1. The topological polar surface area (TPSA) is 67.6 Å². The van der Waals surface area contributed by atoms with Crippen molar-refractivity contribution < 1.29 is 9.53 Å². The second-order valence-electron chi connectivity index (χ2n) is 5.88. The minimum Gasteiger partial charge on any atom is -0.383 e. The maximum absolute atomic E-state index is 11.6. The van der Waals surface area contributed by atoms with Crippen molar-refractivity contribution >= 4 is 5.91 Å². The van der Waals surface area contributed by atoms with Crippen molar-refractivity contribution in [1.29, 1.82) is 0 Å². The van der Waals surface area contributed by atoms with Crippen LogP contribution in [0.15, 0.2) is 0 Å². The Bertz CT molecular complexity index is 272. The summed E-state index contributed by atoms with van der Waals surface area (Å²) in [5.74, 6) is -0.266. The van der Waals surface area contributed by atoms with E-state index in [9.17, 15) is 4.79 Å². The number of nitrogens with one attached hydrogen (secondary N) is 1. The molecule has 0 rings (SSSR count). The lowest BCUT2D eigenvalue weighted by atomic mass is 9.93. The number of methoxy groups -OCH3 is 1. The maximum atomic E-state index is 11.6. The Morgan fingerprint density at radius 2 is 2.00 bits per heavy atom. The molecule has 0 saturated heterocycles. The van der Waals surface area contributed by atoms with Crippen LogP contribution in [0.2, 0.25) is 0 Å². The molecule has 5 nitrogen and oxygen atoms in total. The van der Waals surface area contributed by atoms with Gasteiger partial charge in [0, 0.05) is 19.7 Å². The largest absolute Gasteiger partial charge is 0.383 e. The van der Waals surface area contributed by atoms with Gasteiger partial charge in [-0.1, -0.05) is 6.92 Å². The Labute approximate surface area is 124 Å². The van der Waals surface area contributed by atoms with Crippen LogP contribution in [0.5, 0.6) is 0 Å². The molecule has 0 fully saturated rings. The summed E-state index contributed by atoms with van der Waals surface area (Å²) < 4.78 is 5.10. The van der Waals surface area contributed by atoms with Gasteiger partial charge in [-0.2, -0.15) is 0 Å². The van der Waals surface area contributed by atoms with Gasteiger partial charge in [-0.25, -0.2) is 0 Å². The van der Waals surface area contributed by atoms with Gasteiger partial charge in [0.15, 0.2) is 0 Å². The van der Waals surface area contributed by atoms with E-state index in [1.807, 2.05) is 20.8 Å². The summed E-state index contributed by atoms with van der Waals surface area (Å²) in [4.78, 5) is 14.0.